The summed E-state index contributed by atoms with van der Waals surface area (Å²) in [4.78, 5) is 0. The molecular weight excluding hydrogens is 208 g/mol. The molecular formula is C16H18O. The molecule has 0 aliphatic heterocycles. The summed E-state index contributed by atoms with van der Waals surface area (Å²) in [5.41, 5.74) is 1.32. The molecule has 1 fully saturated rings. The molecule has 0 atom stereocenters. The third-order valence-corrected chi connectivity index (χ3v) is 4.08. The fourth-order valence-electron chi connectivity index (χ4n) is 3.03. The van der Waals surface area contributed by atoms with Gasteiger partial charge >= 0.3 is 0 Å². The van der Waals surface area contributed by atoms with Crippen LogP contribution in [0.4, 0.5) is 0 Å². The van der Waals surface area contributed by atoms with Gasteiger partial charge in [0.15, 0.2) is 0 Å². The number of ether oxygens (including phenoxy) is 1. The van der Waals surface area contributed by atoms with Gasteiger partial charge in [-0.3, -0.25) is 0 Å². The van der Waals surface area contributed by atoms with E-state index >= 15 is 0 Å². The van der Waals surface area contributed by atoms with Gasteiger partial charge in [-0.2, -0.15) is 0 Å². The number of methoxy groups -OCH3 is 1. The Bertz CT molecular complexity index is 524. The van der Waals surface area contributed by atoms with Gasteiger partial charge in [0, 0.05) is 7.11 Å². The van der Waals surface area contributed by atoms with E-state index in [1.54, 1.807) is 0 Å². The second-order valence-corrected chi connectivity index (χ2v) is 4.97. The molecule has 17 heavy (non-hydrogen) atoms. The summed E-state index contributed by atoms with van der Waals surface area (Å²) in [6.07, 6.45) is 4.87. The lowest BCUT2D eigenvalue weighted by atomic mass is 9.90. The molecule has 0 heterocycles. The minimum Gasteiger partial charge on any atom is -0.374 e. The van der Waals surface area contributed by atoms with E-state index in [1.807, 2.05) is 7.11 Å². The van der Waals surface area contributed by atoms with E-state index in [-0.39, 0.29) is 5.60 Å². The lowest BCUT2D eigenvalue weighted by Crippen LogP contribution is -2.24. The van der Waals surface area contributed by atoms with E-state index in [9.17, 15) is 0 Å². The van der Waals surface area contributed by atoms with Gasteiger partial charge in [-0.15, -0.1) is 0 Å². The van der Waals surface area contributed by atoms with Crippen LogP contribution in [0, 0.1) is 0 Å². The van der Waals surface area contributed by atoms with Crippen LogP contribution < -0.4 is 0 Å². The Morgan fingerprint density at radius 1 is 0.941 bits per heavy atom. The van der Waals surface area contributed by atoms with Crippen LogP contribution >= 0.6 is 0 Å². The van der Waals surface area contributed by atoms with Gasteiger partial charge in [-0.05, 0) is 35.2 Å². The fourth-order valence-corrected chi connectivity index (χ4v) is 3.03. The van der Waals surface area contributed by atoms with Crippen LogP contribution in [0.5, 0.6) is 0 Å². The zero-order valence-corrected chi connectivity index (χ0v) is 10.3. The van der Waals surface area contributed by atoms with Crippen LogP contribution in [-0.4, -0.2) is 7.11 Å². The molecule has 1 saturated carbocycles. The van der Waals surface area contributed by atoms with Crippen LogP contribution in [0.15, 0.2) is 42.5 Å². The summed E-state index contributed by atoms with van der Waals surface area (Å²) in [6.45, 7) is 0. The predicted octanol–water partition coefficient (Wildman–Crippen LogP) is 4.26. The number of rotatable bonds is 2. The van der Waals surface area contributed by atoms with Gasteiger partial charge in [0.25, 0.3) is 0 Å². The summed E-state index contributed by atoms with van der Waals surface area (Å²) < 4.78 is 5.83. The Balaban J connectivity index is 2.10. The van der Waals surface area contributed by atoms with Crippen molar-refractivity contribution in [1.29, 1.82) is 0 Å². The minimum absolute atomic E-state index is 0.0238. The molecule has 0 N–H and O–H groups in total. The van der Waals surface area contributed by atoms with Gasteiger partial charge in [-0.25, -0.2) is 0 Å². The Morgan fingerprint density at radius 3 is 2.35 bits per heavy atom. The molecule has 88 valence electrons. The number of benzene rings is 2. The van der Waals surface area contributed by atoms with Crippen molar-refractivity contribution < 1.29 is 4.74 Å². The highest BCUT2D eigenvalue weighted by atomic mass is 16.5. The number of hydrogen-bond acceptors (Lipinski definition) is 1. The first kappa shape index (κ1) is 10.8. The fraction of sp³-hybridized carbons (Fsp3) is 0.375. The maximum absolute atomic E-state index is 5.83. The average molecular weight is 226 g/mol. The first-order valence-electron chi connectivity index (χ1n) is 6.38. The topological polar surface area (TPSA) is 9.23 Å². The third-order valence-electron chi connectivity index (χ3n) is 4.08. The van der Waals surface area contributed by atoms with Crippen LogP contribution in [0.3, 0.4) is 0 Å². The summed E-state index contributed by atoms with van der Waals surface area (Å²) in [5.74, 6) is 0. The summed E-state index contributed by atoms with van der Waals surface area (Å²) in [6, 6.07) is 15.3. The van der Waals surface area contributed by atoms with Crippen molar-refractivity contribution >= 4 is 10.8 Å². The van der Waals surface area contributed by atoms with Gasteiger partial charge in [0.05, 0.1) is 5.60 Å². The first-order chi connectivity index (χ1) is 8.34. The van der Waals surface area contributed by atoms with Crippen molar-refractivity contribution in [3.63, 3.8) is 0 Å². The van der Waals surface area contributed by atoms with E-state index < -0.39 is 0 Å². The quantitative estimate of drug-likeness (QED) is 0.743. The second kappa shape index (κ2) is 4.15. The predicted molar refractivity (Wildman–Crippen MR) is 71.1 cm³/mol. The van der Waals surface area contributed by atoms with Crippen molar-refractivity contribution in [2.75, 3.05) is 7.11 Å². The second-order valence-electron chi connectivity index (χ2n) is 4.97. The van der Waals surface area contributed by atoms with Crippen molar-refractivity contribution in [3.05, 3.63) is 48.0 Å². The molecule has 0 amide bonds. The van der Waals surface area contributed by atoms with E-state index in [4.69, 9.17) is 4.74 Å². The van der Waals surface area contributed by atoms with Crippen LogP contribution in [-0.2, 0) is 10.3 Å². The molecule has 1 nitrogen and oxygen atoms in total. The van der Waals surface area contributed by atoms with Gasteiger partial charge in [-0.1, -0.05) is 49.2 Å². The van der Waals surface area contributed by atoms with E-state index in [0.29, 0.717) is 0 Å². The minimum atomic E-state index is -0.0238. The van der Waals surface area contributed by atoms with Gasteiger partial charge in [0.2, 0.25) is 0 Å². The first-order valence-corrected chi connectivity index (χ1v) is 6.38. The molecule has 1 heteroatoms. The van der Waals surface area contributed by atoms with E-state index in [0.717, 1.165) is 12.8 Å². The molecule has 3 rings (SSSR count). The summed E-state index contributed by atoms with van der Waals surface area (Å²) >= 11 is 0. The van der Waals surface area contributed by atoms with Crippen LogP contribution in [0.25, 0.3) is 10.8 Å². The number of fused-ring (bicyclic) bond motifs is 1. The molecule has 0 unspecified atom stereocenters. The molecule has 0 bridgehead atoms. The highest BCUT2D eigenvalue weighted by Gasteiger charge is 2.35. The molecule has 0 saturated heterocycles. The van der Waals surface area contributed by atoms with Crippen LogP contribution in [0.2, 0.25) is 0 Å². The smallest absolute Gasteiger partial charge is 0.0927 e. The molecule has 1 aliphatic carbocycles. The highest BCUT2D eigenvalue weighted by Crippen LogP contribution is 2.42. The average Bonchev–Trinajstić information content (AvgIpc) is 2.88. The van der Waals surface area contributed by atoms with E-state index in [2.05, 4.69) is 42.5 Å². The normalized spacial score (nSPS) is 18.6. The zero-order chi connectivity index (χ0) is 11.7. The monoisotopic (exact) mass is 226 g/mol. The largest absolute Gasteiger partial charge is 0.374 e. The Labute approximate surface area is 102 Å². The summed E-state index contributed by atoms with van der Waals surface area (Å²) in [7, 11) is 1.85. The van der Waals surface area contributed by atoms with Crippen molar-refractivity contribution in [2.45, 2.75) is 31.3 Å². The molecule has 1 aliphatic rings. The SMILES string of the molecule is COC1(c2ccc3ccccc3c2)CCCC1. The third kappa shape index (κ3) is 1.75. The Hall–Kier alpha value is -1.34. The lowest BCUT2D eigenvalue weighted by molar-refractivity contribution is -0.00859. The zero-order valence-electron chi connectivity index (χ0n) is 10.3. The molecule has 2 aromatic carbocycles. The van der Waals surface area contributed by atoms with Crippen molar-refractivity contribution in [3.8, 4) is 0 Å². The summed E-state index contributed by atoms with van der Waals surface area (Å²) in [5, 5.41) is 2.62. The highest BCUT2D eigenvalue weighted by molar-refractivity contribution is 5.83. The van der Waals surface area contributed by atoms with Crippen molar-refractivity contribution in [2.24, 2.45) is 0 Å². The Kier molecular flexibility index (Phi) is 2.64. The molecule has 0 aromatic heterocycles. The standard InChI is InChI=1S/C16H18O/c1-17-16(10-4-5-11-16)15-9-8-13-6-2-3-7-14(13)12-15/h2-3,6-9,12H,4-5,10-11H2,1H3. The Morgan fingerprint density at radius 2 is 1.65 bits per heavy atom. The molecule has 0 spiro atoms. The molecule has 2 aromatic rings. The lowest BCUT2D eigenvalue weighted by Gasteiger charge is -2.28. The van der Waals surface area contributed by atoms with E-state index in [1.165, 1.54) is 29.2 Å². The van der Waals surface area contributed by atoms with Crippen LogP contribution in [0.1, 0.15) is 31.2 Å². The van der Waals surface area contributed by atoms with Crippen molar-refractivity contribution in [1.82, 2.24) is 0 Å². The maximum Gasteiger partial charge on any atom is 0.0927 e. The number of hydrogen-bond donors (Lipinski definition) is 0. The van der Waals surface area contributed by atoms with Gasteiger partial charge in [0.1, 0.15) is 0 Å². The molecule has 0 radical (unpaired) electrons. The maximum atomic E-state index is 5.83. The van der Waals surface area contributed by atoms with Gasteiger partial charge < -0.3 is 4.74 Å².